The Morgan fingerprint density at radius 2 is 1.79 bits per heavy atom. The number of nitrogens with one attached hydrogen (secondary N) is 5. The van der Waals surface area contributed by atoms with E-state index in [9.17, 15) is 5.26 Å². The molecule has 0 aliphatic carbocycles. The zero-order chi connectivity index (χ0) is 27.6. The van der Waals surface area contributed by atoms with Crippen molar-refractivity contribution in [1.82, 2.24) is 21.4 Å². The fourth-order valence-electron chi connectivity index (χ4n) is 5.12. The van der Waals surface area contributed by atoms with Gasteiger partial charge in [0.2, 0.25) is 0 Å². The molecule has 0 fully saturated rings. The van der Waals surface area contributed by atoms with Gasteiger partial charge < -0.3 is 21.5 Å². The van der Waals surface area contributed by atoms with Gasteiger partial charge in [-0.25, -0.2) is 0 Å². The molecule has 10 heteroatoms. The predicted molar refractivity (Wildman–Crippen MR) is 162 cm³/mol. The molecule has 1 aliphatic heterocycles. The maximum atomic E-state index is 9.99. The summed E-state index contributed by atoms with van der Waals surface area (Å²) in [5.74, 6) is 0. The van der Waals surface area contributed by atoms with Crippen molar-refractivity contribution in [3.05, 3.63) is 111 Å². The lowest BCUT2D eigenvalue weighted by molar-refractivity contribution is 0.567. The van der Waals surface area contributed by atoms with E-state index in [1.54, 1.807) is 6.20 Å². The van der Waals surface area contributed by atoms with Gasteiger partial charge in [0.1, 0.15) is 13.9 Å². The highest BCUT2D eigenvalue weighted by Gasteiger charge is 2.36. The van der Waals surface area contributed by atoms with Gasteiger partial charge in [-0.2, -0.15) is 10.8 Å². The summed E-state index contributed by atoms with van der Waals surface area (Å²) in [7, 11) is 2.05. The lowest BCUT2D eigenvalue weighted by atomic mass is 9.69. The minimum atomic E-state index is -0.764. The monoisotopic (exact) mass is 555 g/mol. The van der Waals surface area contributed by atoms with E-state index in [1.165, 1.54) is 0 Å². The molecule has 0 saturated carbocycles. The van der Waals surface area contributed by atoms with Crippen molar-refractivity contribution in [2.75, 3.05) is 10.6 Å². The van der Waals surface area contributed by atoms with E-state index in [0.29, 0.717) is 26.8 Å². The molecule has 39 heavy (non-hydrogen) atoms. The third-order valence-corrected chi connectivity index (χ3v) is 7.71. The Morgan fingerprint density at radius 3 is 2.46 bits per heavy atom. The van der Waals surface area contributed by atoms with Crippen LogP contribution in [-0.4, -0.2) is 12.8 Å². The molecule has 1 aromatic heterocycles. The minimum Gasteiger partial charge on any atom is -0.378 e. The van der Waals surface area contributed by atoms with Crippen molar-refractivity contribution >= 4 is 53.3 Å². The van der Waals surface area contributed by atoms with Crippen LogP contribution in [-0.2, 0) is 5.44 Å². The average Bonchev–Trinajstić information content (AvgIpc) is 3.39. The molecular formula is C29H28BCl2N7. The van der Waals surface area contributed by atoms with Gasteiger partial charge in [0.15, 0.2) is 0 Å². The number of rotatable bonds is 8. The lowest BCUT2D eigenvalue weighted by Gasteiger charge is -2.35. The number of fused-ring (bicyclic) bond motifs is 1. The number of allylic oxidation sites excluding steroid dienone is 1. The highest BCUT2D eigenvalue weighted by molar-refractivity contribution is 6.36. The first-order chi connectivity index (χ1) is 18.9. The van der Waals surface area contributed by atoms with Crippen molar-refractivity contribution in [2.24, 2.45) is 0 Å². The molecule has 0 amide bonds. The largest absolute Gasteiger partial charge is 0.378 e. The van der Waals surface area contributed by atoms with Gasteiger partial charge in [0, 0.05) is 28.0 Å². The summed E-state index contributed by atoms with van der Waals surface area (Å²) in [4.78, 5) is 4.53. The summed E-state index contributed by atoms with van der Waals surface area (Å²) in [6.07, 6.45) is 2.40. The topological polar surface area (TPSA) is 96.8 Å². The number of hydrogen-bond donors (Lipinski definition) is 5. The van der Waals surface area contributed by atoms with Crippen LogP contribution in [0.25, 0.3) is 10.9 Å². The van der Waals surface area contributed by atoms with Gasteiger partial charge in [-0.1, -0.05) is 78.7 Å². The molecule has 2 heterocycles. The van der Waals surface area contributed by atoms with Gasteiger partial charge in [-0.3, -0.25) is 4.98 Å². The molecule has 1 unspecified atom stereocenters. The Hall–Kier alpha value is -3.90. The normalized spacial score (nSPS) is 15.2. The first-order valence-electron chi connectivity index (χ1n) is 12.7. The fourth-order valence-corrected chi connectivity index (χ4v) is 5.71. The second-order valence-corrected chi connectivity index (χ2v) is 10.4. The van der Waals surface area contributed by atoms with Crippen LogP contribution in [0.3, 0.4) is 0 Å². The van der Waals surface area contributed by atoms with Crippen LogP contribution in [0.2, 0.25) is 10.0 Å². The number of aromatic nitrogens is 1. The molecule has 3 aromatic carbocycles. The SMILES string of the molecule is BC(Nc1cc(Cl)c2ncc(C#N)c(N[C@H](CC)c3ccccc3)c2c1)(C1=C(C)NNN1)c1ccccc1Cl. The zero-order valence-corrected chi connectivity index (χ0v) is 23.4. The van der Waals surface area contributed by atoms with Crippen LogP contribution in [0, 0.1) is 11.3 Å². The number of halogens is 2. The maximum Gasteiger partial charge on any atom is 0.148 e. The Kier molecular flexibility index (Phi) is 7.58. The van der Waals surface area contributed by atoms with Crippen molar-refractivity contribution in [2.45, 2.75) is 31.7 Å². The van der Waals surface area contributed by atoms with E-state index in [0.717, 1.165) is 40.0 Å². The molecule has 0 saturated heterocycles. The quantitative estimate of drug-likeness (QED) is 0.177. The lowest BCUT2D eigenvalue weighted by Crippen LogP contribution is -2.45. The maximum absolute atomic E-state index is 9.99. The zero-order valence-electron chi connectivity index (χ0n) is 21.9. The molecule has 4 aromatic rings. The van der Waals surface area contributed by atoms with Crippen molar-refractivity contribution in [3.8, 4) is 6.07 Å². The van der Waals surface area contributed by atoms with Crippen LogP contribution in [0.15, 0.2) is 84.3 Å². The molecule has 196 valence electrons. The summed E-state index contributed by atoms with van der Waals surface area (Å²) in [6.45, 7) is 4.09. The third-order valence-electron chi connectivity index (χ3n) is 7.09. The van der Waals surface area contributed by atoms with Gasteiger partial charge in [0.25, 0.3) is 0 Å². The molecule has 2 atom stereocenters. The standard InChI is InChI=1S/C29H28BCl2N7/c1-3-25(18-9-5-4-6-10-18)35-26-19(15-33)16-34-27-21(26)13-20(14-24(27)32)36-29(30,28-17(2)37-39-38-28)22-11-7-8-12-23(22)31/h4-14,16,25,36-39H,3,30H2,1-2H3,(H,34,35)/t25-,29?/m1/s1. The fraction of sp³-hybridized carbons (Fsp3) is 0.172. The molecule has 0 spiro atoms. The molecule has 5 N–H and O–H groups in total. The average molecular weight is 556 g/mol. The number of hydrogen-bond acceptors (Lipinski definition) is 7. The summed E-state index contributed by atoms with van der Waals surface area (Å²) in [5, 5.41) is 19.1. The highest BCUT2D eigenvalue weighted by Crippen LogP contribution is 2.40. The Labute approximate surface area is 239 Å². The summed E-state index contributed by atoms with van der Waals surface area (Å²) in [6, 6.07) is 24.0. The van der Waals surface area contributed by atoms with E-state index in [4.69, 9.17) is 23.2 Å². The number of benzene rings is 3. The van der Waals surface area contributed by atoms with Gasteiger partial charge in [-0.15, -0.1) is 0 Å². The molecule has 1 aliphatic rings. The Bertz CT molecular complexity index is 1600. The highest BCUT2D eigenvalue weighted by atomic mass is 35.5. The van der Waals surface area contributed by atoms with Gasteiger partial charge in [0.05, 0.1) is 39.0 Å². The van der Waals surface area contributed by atoms with E-state index in [1.807, 2.05) is 61.5 Å². The van der Waals surface area contributed by atoms with E-state index >= 15 is 0 Å². The Morgan fingerprint density at radius 1 is 1.05 bits per heavy atom. The second kappa shape index (κ2) is 11.1. The van der Waals surface area contributed by atoms with Crippen molar-refractivity contribution in [1.29, 1.82) is 5.26 Å². The smallest absolute Gasteiger partial charge is 0.148 e. The Balaban J connectivity index is 1.65. The van der Waals surface area contributed by atoms with Crippen LogP contribution in [0.4, 0.5) is 11.4 Å². The van der Waals surface area contributed by atoms with Crippen LogP contribution >= 0.6 is 23.2 Å². The number of nitriles is 1. The molecular weight excluding hydrogens is 528 g/mol. The molecule has 0 radical (unpaired) electrons. The van der Waals surface area contributed by atoms with Crippen LogP contribution in [0.1, 0.15) is 43.0 Å². The second-order valence-electron chi connectivity index (χ2n) is 9.63. The first-order valence-corrected chi connectivity index (χ1v) is 13.5. The summed E-state index contributed by atoms with van der Waals surface area (Å²) >= 11 is 13.5. The number of hydrazine groups is 2. The van der Waals surface area contributed by atoms with Crippen LogP contribution < -0.4 is 27.0 Å². The first kappa shape index (κ1) is 26.7. The van der Waals surface area contributed by atoms with Crippen molar-refractivity contribution in [3.63, 3.8) is 0 Å². The molecule has 7 nitrogen and oxygen atoms in total. The summed E-state index contributed by atoms with van der Waals surface area (Å²) < 4.78 is 0. The number of nitrogens with zero attached hydrogens (tertiary/aromatic N) is 2. The van der Waals surface area contributed by atoms with Gasteiger partial charge >= 0.3 is 0 Å². The minimum absolute atomic E-state index is 0.000301. The summed E-state index contributed by atoms with van der Waals surface area (Å²) in [5.41, 5.74) is 14.9. The van der Waals surface area contributed by atoms with E-state index in [-0.39, 0.29) is 6.04 Å². The number of pyridine rings is 1. The number of anilines is 2. The van der Waals surface area contributed by atoms with Crippen LogP contribution in [0.5, 0.6) is 0 Å². The van der Waals surface area contributed by atoms with E-state index in [2.05, 4.69) is 65.0 Å². The molecule has 5 rings (SSSR count). The molecule has 0 bridgehead atoms. The van der Waals surface area contributed by atoms with Gasteiger partial charge in [-0.05, 0) is 42.7 Å². The van der Waals surface area contributed by atoms with E-state index < -0.39 is 5.44 Å². The third kappa shape index (κ3) is 5.09. The van der Waals surface area contributed by atoms with Crippen molar-refractivity contribution < 1.29 is 0 Å². The predicted octanol–water partition coefficient (Wildman–Crippen LogP) is 5.72.